The second kappa shape index (κ2) is 16.8. The van der Waals surface area contributed by atoms with Gasteiger partial charge in [-0.25, -0.2) is 13.8 Å². The molecule has 2 saturated heterocycles. The number of allylic oxidation sites excluding steroid dienone is 1. The van der Waals surface area contributed by atoms with Crippen LogP contribution in [0.4, 0.5) is 8.78 Å². The average molecular weight is 718 g/mol. The largest absolute Gasteiger partial charge is 0.508 e. The van der Waals surface area contributed by atoms with Gasteiger partial charge in [0.05, 0.1) is 54.6 Å². The molecule has 4 fully saturated rings. The number of aliphatic hydroxyl groups is 1. The number of benzene rings is 2. The van der Waals surface area contributed by atoms with Gasteiger partial charge in [-0.2, -0.15) is 0 Å². The van der Waals surface area contributed by atoms with Gasteiger partial charge < -0.3 is 29.3 Å². The minimum atomic E-state index is -0.964. The van der Waals surface area contributed by atoms with E-state index >= 15 is 4.39 Å². The lowest BCUT2D eigenvalue weighted by Gasteiger charge is -2.53. The predicted octanol–water partition coefficient (Wildman–Crippen LogP) is 5.51. The Hall–Kier alpha value is -3.99. The Morgan fingerprint density at radius 2 is 2.04 bits per heavy atom. The molecule has 0 aromatic heterocycles. The van der Waals surface area contributed by atoms with Gasteiger partial charge in [0.15, 0.2) is 0 Å². The lowest BCUT2D eigenvalue weighted by Crippen LogP contribution is -2.59. The number of phenolic OH excluding ortho intramolecular Hbond substituents is 1. The van der Waals surface area contributed by atoms with E-state index in [0.29, 0.717) is 54.3 Å². The van der Waals surface area contributed by atoms with E-state index in [1.807, 2.05) is 0 Å². The normalized spacial score (nSPS) is 27.5. The first-order valence-electron chi connectivity index (χ1n) is 18.0. The van der Waals surface area contributed by atoms with E-state index in [0.717, 1.165) is 51.5 Å². The van der Waals surface area contributed by atoms with Gasteiger partial charge in [-0.1, -0.05) is 25.0 Å². The van der Waals surface area contributed by atoms with Crippen LogP contribution in [0.2, 0.25) is 0 Å². The predicted molar refractivity (Wildman–Crippen MR) is 200 cm³/mol. The van der Waals surface area contributed by atoms with Gasteiger partial charge in [0.1, 0.15) is 30.8 Å². The lowest BCUT2D eigenvalue weighted by molar-refractivity contribution is -0.0941. The zero-order valence-electron chi connectivity index (χ0n) is 29.9. The second-order valence-electron chi connectivity index (χ2n) is 14.2. The van der Waals surface area contributed by atoms with Crippen LogP contribution in [0, 0.1) is 23.6 Å². The SMILES string of the molecule is C#Cc1c(F)ccc2cc(O)cc(C(=C)N=CC(=C(/N=C)N3CCOCC(O)C3)/C(CF)=N\COCC34CCCC3N(C3CC(OC)C3)CCC4)c12. The summed E-state index contributed by atoms with van der Waals surface area (Å²) in [6, 6.07) is 6.63. The van der Waals surface area contributed by atoms with Crippen molar-refractivity contribution >= 4 is 35.1 Å². The highest BCUT2D eigenvalue weighted by atomic mass is 19.1. The van der Waals surface area contributed by atoms with Crippen molar-refractivity contribution in [1.29, 1.82) is 0 Å². The number of hydrogen-bond acceptors (Lipinski definition) is 10. The molecule has 3 atom stereocenters. The molecule has 2 N–H and O–H groups in total. The first kappa shape index (κ1) is 37.8. The average Bonchev–Trinajstić information content (AvgIpc) is 3.44. The summed E-state index contributed by atoms with van der Waals surface area (Å²) in [5, 5.41) is 21.9. The van der Waals surface area contributed by atoms with E-state index in [9.17, 15) is 14.6 Å². The number of methoxy groups -OCH3 is 1. The van der Waals surface area contributed by atoms with Crippen LogP contribution in [0.3, 0.4) is 0 Å². The number of aromatic hydroxyl groups is 1. The highest BCUT2D eigenvalue weighted by Gasteiger charge is 2.51. The number of aliphatic imine (C=N–C) groups is 3. The number of halogens is 2. The maximum absolute atomic E-state index is 15.0. The summed E-state index contributed by atoms with van der Waals surface area (Å²) in [4.78, 5) is 17.9. The van der Waals surface area contributed by atoms with Crippen molar-refractivity contribution in [3.8, 4) is 18.1 Å². The van der Waals surface area contributed by atoms with E-state index in [1.54, 1.807) is 12.0 Å². The molecule has 52 heavy (non-hydrogen) atoms. The van der Waals surface area contributed by atoms with E-state index < -0.39 is 18.6 Å². The summed E-state index contributed by atoms with van der Waals surface area (Å²) in [5.41, 5.74) is 0.721. The summed E-state index contributed by atoms with van der Waals surface area (Å²) in [6.45, 7) is 9.41. The first-order chi connectivity index (χ1) is 25.2. The monoisotopic (exact) mass is 717 g/mol. The van der Waals surface area contributed by atoms with Gasteiger partial charge in [-0.3, -0.25) is 14.9 Å². The number of terminal acetylenes is 1. The minimum Gasteiger partial charge on any atom is -0.508 e. The van der Waals surface area contributed by atoms with E-state index in [-0.39, 0.29) is 59.4 Å². The molecule has 3 unspecified atom stereocenters. The standard InChI is InChI=1S/C40H49F2N5O5/c1-5-32-35(42)10-9-27-16-29(48)19-33(38(27)32)26(2)44-21-34(39(43-3)46-14-15-51-23-30(49)22-46)36(20-41)45-25-52-24-40-11-6-8-37(40)47(13-7-12-40)28-17-31(18-28)50-4/h1,9-10,16,19,21,28,30-31,37,48-49H,2-3,6-8,11-15,17-18,20,22-25H2,4H3/b39-34+,44-21?,45-36-. The zero-order valence-corrected chi connectivity index (χ0v) is 29.9. The van der Waals surface area contributed by atoms with Crippen molar-refractivity contribution < 1.29 is 33.2 Å². The summed E-state index contributed by atoms with van der Waals surface area (Å²) in [6.07, 6.45) is 14.3. The fourth-order valence-electron chi connectivity index (χ4n) is 8.56. The van der Waals surface area contributed by atoms with Crippen LogP contribution in [0.15, 0.2) is 57.2 Å². The van der Waals surface area contributed by atoms with Crippen LogP contribution in [0.25, 0.3) is 16.5 Å². The van der Waals surface area contributed by atoms with E-state index in [1.165, 1.54) is 30.5 Å². The number of likely N-dealkylation sites (tertiary alicyclic amines) is 1. The maximum Gasteiger partial charge on any atom is 0.139 e. The molecule has 2 aromatic rings. The van der Waals surface area contributed by atoms with Crippen molar-refractivity contribution in [2.45, 2.75) is 69.2 Å². The van der Waals surface area contributed by atoms with Crippen LogP contribution < -0.4 is 0 Å². The quantitative estimate of drug-likeness (QED) is 0.160. The van der Waals surface area contributed by atoms with Crippen molar-refractivity contribution in [3.05, 3.63) is 59.2 Å². The summed E-state index contributed by atoms with van der Waals surface area (Å²) in [5.74, 6) is 1.96. The van der Waals surface area contributed by atoms with Crippen molar-refractivity contribution in [3.63, 3.8) is 0 Å². The number of fused-ring (bicyclic) bond motifs is 2. The molecule has 6 rings (SSSR count). The number of piperidine rings is 1. The lowest BCUT2D eigenvalue weighted by atomic mass is 9.73. The van der Waals surface area contributed by atoms with Crippen molar-refractivity contribution in [2.24, 2.45) is 20.4 Å². The Kier molecular flexibility index (Phi) is 12.2. The van der Waals surface area contributed by atoms with Gasteiger partial charge >= 0.3 is 0 Å². The van der Waals surface area contributed by atoms with E-state index in [4.69, 9.17) is 20.6 Å². The molecule has 2 aromatic carbocycles. The van der Waals surface area contributed by atoms with E-state index in [2.05, 4.69) is 39.1 Å². The Bertz CT molecular complexity index is 1780. The minimum absolute atomic E-state index is 0.00619. The molecule has 10 nitrogen and oxygen atoms in total. The van der Waals surface area contributed by atoms with Crippen LogP contribution in [-0.2, 0) is 14.2 Å². The zero-order chi connectivity index (χ0) is 36.8. The van der Waals surface area contributed by atoms with Crippen molar-refractivity contribution in [1.82, 2.24) is 9.80 Å². The molecule has 2 saturated carbocycles. The number of β-amino-alcohol motifs (C(OH)–C–C–N with tert-alkyl or cyclic N) is 1. The fourth-order valence-corrected chi connectivity index (χ4v) is 8.56. The Balaban J connectivity index is 1.28. The number of hydrogen-bond donors (Lipinski definition) is 2. The number of aliphatic hydroxyl groups excluding tert-OH is 1. The van der Waals surface area contributed by atoms with Gasteiger partial charge in [0.25, 0.3) is 0 Å². The Morgan fingerprint density at radius 1 is 1.23 bits per heavy atom. The van der Waals surface area contributed by atoms with Crippen LogP contribution in [0.1, 0.15) is 56.1 Å². The number of rotatable bonds is 13. The molecular formula is C40H49F2N5O5. The number of nitrogens with zero attached hydrogens (tertiary/aromatic N) is 5. The maximum atomic E-state index is 15.0. The third-order valence-corrected chi connectivity index (χ3v) is 11.2. The molecule has 0 spiro atoms. The van der Waals surface area contributed by atoms with Crippen molar-refractivity contribution in [2.75, 3.05) is 60.0 Å². The molecule has 2 heterocycles. The highest BCUT2D eigenvalue weighted by Crippen LogP contribution is 2.50. The molecule has 2 aliphatic carbocycles. The van der Waals surface area contributed by atoms with Gasteiger partial charge in [-0.15, -0.1) is 6.42 Å². The van der Waals surface area contributed by atoms with Gasteiger partial charge in [0.2, 0.25) is 0 Å². The molecule has 0 radical (unpaired) electrons. The molecular weight excluding hydrogens is 668 g/mol. The third kappa shape index (κ3) is 7.84. The molecule has 0 amide bonds. The smallest absolute Gasteiger partial charge is 0.139 e. The summed E-state index contributed by atoms with van der Waals surface area (Å²) < 4.78 is 47.2. The van der Waals surface area contributed by atoms with Crippen LogP contribution in [0.5, 0.6) is 5.75 Å². The number of phenols is 1. The number of ether oxygens (including phenoxy) is 3. The summed E-state index contributed by atoms with van der Waals surface area (Å²) in [7, 11) is 1.79. The molecule has 2 aliphatic heterocycles. The van der Waals surface area contributed by atoms with Crippen LogP contribution in [-0.4, -0.2) is 123 Å². The Labute approximate surface area is 304 Å². The van der Waals surface area contributed by atoms with Gasteiger partial charge in [0, 0.05) is 54.9 Å². The number of alkyl halides is 1. The molecule has 0 bridgehead atoms. The third-order valence-electron chi connectivity index (χ3n) is 11.2. The molecule has 12 heteroatoms. The topological polar surface area (TPSA) is 112 Å². The molecule has 4 aliphatic rings. The fraction of sp³-hybridized carbons (Fsp3) is 0.525. The molecule has 278 valence electrons. The highest BCUT2D eigenvalue weighted by molar-refractivity contribution is 6.18. The Morgan fingerprint density at radius 3 is 2.79 bits per heavy atom. The van der Waals surface area contributed by atoms with Gasteiger partial charge in [-0.05, 0) is 75.4 Å². The first-order valence-corrected chi connectivity index (χ1v) is 18.0. The van der Waals surface area contributed by atoms with Crippen LogP contribution >= 0.6 is 0 Å². The summed E-state index contributed by atoms with van der Waals surface area (Å²) >= 11 is 0. The second-order valence-corrected chi connectivity index (χ2v) is 14.2.